The molecule has 8 heteroatoms. The number of amides is 2. The van der Waals surface area contributed by atoms with Crippen LogP contribution in [0.1, 0.15) is 11.3 Å². The number of hydrogen-bond donors (Lipinski definition) is 2. The normalized spacial score (nSPS) is 10.7. The van der Waals surface area contributed by atoms with Crippen molar-refractivity contribution >= 4 is 22.6 Å². The number of aryl methyl sites for hydroxylation is 1. The van der Waals surface area contributed by atoms with E-state index in [0.717, 1.165) is 0 Å². The summed E-state index contributed by atoms with van der Waals surface area (Å²) in [5.74, 6) is -0.816. The maximum Gasteiger partial charge on any atom is 0.274 e. The van der Waals surface area contributed by atoms with Gasteiger partial charge in [0.2, 0.25) is 11.8 Å². The summed E-state index contributed by atoms with van der Waals surface area (Å²) in [7, 11) is 1.55. The van der Waals surface area contributed by atoms with Crippen molar-refractivity contribution in [3.63, 3.8) is 0 Å². The van der Waals surface area contributed by atoms with Crippen LogP contribution < -0.4 is 16.2 Å². The lowest BCUT2D eigenvalue weighted by Crippen LogP contribution is -2.36. The fourth-order valence-electron chi connectivity index (χ4n) is 2.98. The van der Waals surface area contributed by atoms with Gasteiger partial charge in [0.25, 0.3) is 5.56 Å². The van der Waals surface area contributed by atoms with Crippen LogP contribution in [-0.2, 0) is 29.5 Å². The first kappa shape index (κ1) is 20.2. The molecule has 0 spiro atoms. The van der Waals surface area contributed by atoms with Gasteiger partial charge in [0, 0.05) is 25.5 Å². The molecule has 0 aliphatic heterocycles. The van der Waals surface area contributed by atoms with E-state index in [4.69, 9.17) is 0 Å². The van der Waals surface area contributed by atoms with E-state index in [1.54, 1.807) is 43.4 Å². The van der Waals surface area contributed by atoms with Crippen molar-refractivity contribution in [1.29, 1.82) is 0 Å². The first-order valence-electron chi connectivity index (χ1n) is 9.17. The van der Waals surface area contributed by atoms with Crippen molar-refractivity contribution in [2.75, 3.05) is 13.1 Å². The summed E-state index contributed by atoms with van der Waals surface area (Å²) in [5.41, 5.74) is 1.01. The molecule has 2 N–H and O–H groups in total. The van der Waals surface area contributed by atoms with Gasteiger partial charge in [0.15, 0.2) is 0 Å². The number of hydrogen-bond acceptors (Lipinski definition) is 4. The zero-order valence-corrected chi connectivity index (χ0v) is 15.9. The molecule has 2 aromatic carbocycles. The fourth-order valence-corrected chi connectivity index (χ4v) is 2.98. The minimum absolute atomic E-state index is 0.0260. The SMILES string of the molecule is Cn1nc(CC(=O)NCCNC(=O)Cc2ccc(F)cc2)c2ccccc2c1=O. The van der Waals surface area contributed by atoms with Crippen LogP contribution in [-0.4, -0.2) is 34.7 Å². The molecular formula is C21H21FN4O3. The topological polar surface area (TPSA) is 93.1 Å². The van der Waals surface area contributed by atoms with Gasteiger partial charge in [0.1, 0.15) is 5.82 Å². The molecule has 0 aliphatic rings. The maximum atomic E-state index is 12.9. The molecule has 29 heavy (non-hydrogen) atoms. The molecule has 0 saturated heterocycles. The summed E-state index contributed by atoms with van der Waals surface area (Å²) in [4.78, 5) is 36.3. The van der Waals surface area contributed by atoms with E-state index in [-0.39, 0.29) is 49.1 Å². The van der Waals surface area contributed by atoms with E-state index in [1.165, 1.54) is 16.8 Å². The Hall–Kier alpha value is -3.55. The number of nitrogens with zero attached hydrogens (tertiary/aromatic N) is 2. The Kier molecular flexibility index (Phi) is 6.33. The Morgan fingerprint density at radius 1 is 0.931 bits per heavy atom. The zero-order chi connectivity index (χ0) is 20.8. The number of benzene rings is 2. The van der Waals surface area contributed by atoms with E-state index in [0.29, 0.717) is 22.0 Å². The Balaban J connectivity index is 1.49. The summed E-state index contributed by atoms with van der Waals surface area (Å²) in [6.45, 7) is 0.533. The Morgan fingerprint density at radius 2 is 1.52 bits per heavy atom. The molecule has 3 aromatic rings. The second-order valence-electron chi connectivity index (χ2n) is 6.60. The highest BCUT2D eigenvalue weighted by atomic mass is 19.1. The van der Waals surface area contributed by atoms with Gasteiger partial charge in [-0.25, -0.2) is 9.07 Å². The number of fused-ring (bicyclic) bond motifs is 1. The number of carbonyl (C=O) groups is 2. The number of rotatable bonds is 7. The number of aromatic nitrogens is 2. The molecule has 0 unspecified atom stereocenters. The van der Waals surface area contributed by atoms with Gasteiger partial charge in [-0.3, -0.25) is 14.4 Å². The molecule has 7 nitrogen and oxygen atoms in total. The lowest BCUT2D eigenvalue weighted by molar-refractivity contribution is -0.122. The summed E-state index contributed by atoms with van der Waals surface area (Å²) in [5, 5.41) is 10.8. The van der Waals surface area contributed by atoms with E-state index in [2.05, 4.69) is 15.7 Å². The quantitative estimate of drug-likeness (QED) is 0.585. The molecule has 150 valence electrons. The van der Waals surface area contributed by atoms with Crippen molar-refractivity contribution in [2.45, 2.75) is 12.8 Å². The Bertz CT molecular complexity index is 1090. The van der Waals surface area contributed by atoms with Crippen LogP contribution in [0.3, 0.4) is 0 Å². The molecule has 0 radical (unpaired) electrons. The van der Waals surface area contributed by atoms with E-state index < -0.39 is 0 Å². The van der Waals surface area contributed by atoms with Crippen molar-refractivity contribution in [3.05, 3.63) is 76.0 Å². The average molecular weight is 396 g/mol. The molecule has 0 bridgehead atoms. The monoisotopic (exact) mass is 396 g/mol. The summed E-state index contributed by atoms with van der Waals surface area (Å²) in [6.07, 6.45) is 0.167. The number of halogens is 1. The molecule has 1 aromatic heterocycles. The van der Waals surface area contributed by atoms with E-state index in [1.807, 2.05) is 0 Å². The molecule has 0 atom stereocenters. The third-order valence-corrected chi connectivity index (χ3v) is 4.41. The minimum atomic E-state index is -0.349. The van der Waals surface area contributed by atoms with Crippen LogP contribution in [0.15, 0.2) is 53.3 Å². The van der Waals surface area contributed by atoms with Gasteiger partial charge in [0.05, 0.1) is 23.9 Å². The van der Waals surface area contributed by atoms with Crippen LogP contribution in [0.25, 0.3) is 10.8 Å². The molecule has 0 saturated carbocycles. The van der Waals surface area contributed by atoms with Gasteiger partial charge in [-0.05, 0) is 23.8 Å². The zero-order valence-electron chi connectivity index (χ0n) is 15.9. The van der Waals surface area contributed by atoms with Crippen LogP contribution in [0.5, 0.6) is 0 Å². The highest BCUT2D eigenvalue weighted by Crippen LogP contribution is 2.13. The summed E-state index contributed by atoms with van der Waals surface area (Å²) < 4.78 is 14.1. The second kappa shape index (κ2) is 9.09. The molecule has 0 fully saturated rings. The van der Waals surface area contributed by atoms with E-state index in [9.17, 15) is 18.8 Å². The molecule has 0 aliphatic carbocycles. The first-order chi connectivity index (χ1) is 13.9. The largest absolute Gasteiger partial charge is 0.354 e. The highest BCUT2D eigenvalue weighted by molar-refractivity contribution is 5.88. The van der Waals surface area contributed by atoms with Crippen LogP contribution >= 0.6 is 0 Å². The first-order valence-corrected chi connectivity index (χ1v) is 9.17. The van der Waals surface area contributed by atoms with Crippen LogP contribution in [0, 0.1) is 5.82 Å². The molecular weight excluding hydrogens is 375 g/mol. The fraction of sp³-hybridized carbons (Fsp3) is 0.238. The number of nitrogens with one attached hydrogen (secondary N) is 2. The van der Waals surface area contributed by atoms with Gasteiger partial charge in [-0.2, -0.15) is 5.10 Å². The van der Waals surface area contributed by atoms with Gasteiger partial charge >= 0.3 is 0 Å². The predicted molar refractivity (Wildman–Crippen MR) is 107 cm³/mol. The molecule has 3 rings (SSSR count). The van der Waals surface area contributed by atoms with Crippen LogP contribution in [0.2, 0.25) is 0 Å². The lowest BCUT2D eigenvalue weighted by Gasteiger charge is -2.09. The third-order valence-electron chi connectivity index (χ3n) is 4.41. The predicted octanol–water partition coefficient (Wildman–Crippen LogP) is 1.09. The maximum absolute atomic E-state index is 12.9. The van der Waals surface area contributed by atoms with Gasteiger partial charge < -0.3 is 10.6 Å². The summed E-state index contributed by atoms with van der Waals surface area (Å²) >= 11 is 0. The Morgan fingerprint density at radius 3 is 2.17 bits per heavy atom. The van der Waals surface area contributed by atoms with Crippen molar-refractivity contribution < 1.29 is 14.0 Å². The smallest absolute Gasteiger partial charge is 0.274 e. The Labute approximate surface area is 166 Å². The second-order valence-corrected chi connectivity index (χ2v) is 6.60. The molecule has 1 heterocycles. The standard InChI is InChI=1S/C21H21FN4O3/c1-26-21(29)17-5-3-2-4-16(17)18(25-26)13-20(28)24-11-10-23-19(27)12-14-6-8-15(22)9-7-14/h2-9H,10-13H2,1H3,(H,23,27)(H,24,28). The number of carbonyl (C=O) groups excluding carboxylic acids is 2. The van der Waals surface area contributed by atoms with Gasteiger partial charge in [-0.1, -0.05) is 30.3 Å². The highest BCUT2D eigenvalue weighted by Gasteiger charge is 2.12. The average Bonchev–Trinajstić information content (AvgIpc) is 2.71. The lowest BCUT2D eigenvalue weighted by atomic mass is 10.1. The van der Waals surface area contributed by atoms with Gasteiger partial charge in [-0.15, -0.1) is 0 Å². The van der Waals surface area contributed by atoms with Crippen molar-refractivity contribution in [3.8, 4) is 0 Å². The minimum Gasteiger partial charge on any atom is -0.354 e. The van der Waals surface area contributed by atoms with Crippen LogP contribution in [0.4, 0.5) is 4.39 Å². The van der Waals surface area contributed by atoms with Crippen molar-refractivity contribution in [2.24, 2.45) is 7.05 Å². The molecule has 2 amide bonds. The van der Waals surface area contributed by atoms with E-state index >= 15 is 0 Å². The van der Waals surface area contributed by atoms with Crippen molar-refractivity contribution in [1.82, 2.24) is 20.4 Å². The third kappa shape index (κ3) is 5.25. The summed E-state index contributed by atoms with van der Waals surface area (Å²) in [6, 6.07) is 12.8.